The minimum absolute atomic E-state index is 0.181. The molecule has 2 heterocycles. The Kier molecular flexibility index (Phi) is 5.86. The van der Waals surface area contributed by atoms with Gasteiger partial charge in [0.15, 0.2) is 0 Å². The number of hydrogen-bond donors (Lipinski definition) is 1. The topological polar surface area (TPSA) is 65.5 Å². The highest BCUT2D eigenvalue weighted by Crippen LogP contribution is 2.34. The van der Waals surface area contributed by atoms with Crippen molar-refractivity contribution in [3.05, 3.63) is 111 Å². The molecule has 1 amide bonds. The third-order valence-corrected chi connectivity index (χ3v) is 6.14. The summed E-state index contributed by atoms with van der Waals surface area (Å²) in [6, 6.07) is 24.7. The second-order valence-electron chi connectivity index (χ2n) is 8.21. The van der Waals surface area contributed by atoms with E-state index < -0.39 is 0 Å². The standard InChI is InChI=1S/C28H22ClN3O2/c1-18(33)32-22(14-12-19-8-4-2-5-9-19)17-25(31-32)27-26(20-10-6-3-7-11-20)23-16-21(29)13-15-24(23)30-28(27)34/h2-16,22H,17H2,1H3,(H,30,34)/b14-12+. The maximum Gasteiger partial charge on any atom is 0.258 e. The molecule has 3 aromatic carbocycles. The number of benzene rings is 3. The van der Waals surface area contributed by atoms with Gasteiger partial charge in [-0.3, -0.25) is 9.59 Å². The van der Waals surface area contributed by atoms with Gasteiger partial charge in [0.05, 0.1) is 17.3 Å². The van der Waals surface area contributed by atoms with Gasteiger partial charge >= 0.3 is 0 Å². The molecule has 1 N–H and O–H groups in total. The number of fused-ring (bicyclic) bond motifs is 1. The zero-order valence-corrected chi connectivity index (χ0v) is 19.3. The Morgan fingerprint density at radius 3 is 2.44 bits per heavy atom. The number of halogens is 1. The molecule has 1 aliphatic rings. The van der Waals surface area contributed by atoms with Crippen LogP contribution in [0, 0.1) is 0 Å². The van der Waals surface area contributed by atoms with Crippen molar-refractivity contribution in [3.8, 4) is 11.1 Å². The number of aromatic nitrogens is 1. The molecular formula is C28H22ClN3O2. The number of H-pyrrole nitrogens is 1. The Bertz CT molecular complexity index is 1490. The van der Waals surface area contributed by atoms with E-state index in [9.17, 15) is 9.59 Å². The van der Waals surface area contributed by atoms with E-state index in [1.807, 2.05) is 78.9 Å². The SMILES string of the molecule is CC(=O)N1N=C(c2c(-c3ccccc3)c3cc(Cl)ccc3[nH]c2=O)CC1/C=C/c1ccccc1. The van der Waals surface area contributed by atoms with Gasteiger partial charge in [0, 0.05) is 34.8 Å². The highest BCUT2D eigenvalue weighted by atomic mass is 35.5. The number of rotatable bonds is 4. The number of carbonyl (C=O) groups is 1. The molecule has 5 rings (SSSR count). The van der Waals surface area contributed by atoms with Crippen molar-refractivity contribution in [1.29, 1.82) is 0 Å². The molecule has 6 heteroatoms. The molecule has 1 unspecified atom stereocenters. The van der Waals surface area contributed by atoms with Crippen molar-refractivity contribution in [2.45, 2.75) is 19.4 Å². The number of amides is 1. The molecule has 0 saturated carbocycles. The van der Waals surface area contributed by atoms with Crippen LogP contribution in [0.2, 0.25) is 5.02 Å². The van der Waals surface area contributed by atoms with Gasteiger partial charge in [0.2, 0.25) is 5.91 Å². The summed E-state index contributed by atoms with van der Waals surface area (Å²) in [5.41, 5.74) is 4.15. The van der Waals surface area contributed by atoms with Crippen LogP contribution in [0.25, 0.3) is 28.1 Å². The van der Waals surface area contributed by atoms with Crippen molar-refractivity contribution in [2.24, 2.45) is 5.10 Å². The fraction of sp³-hybridized carbons (Fsp3) is 0.107. The summed E-state index contributed by atoms with van der Waals surface area (Å²) < 4.78 is 0. The van der Waals surface area contributed by atoms with E-state index in [0.717, 1.165) is 22.1 Å². The smallest absolute Gasteiger partial charge is 0.258 e. The predicted molar refractivity (Wildman–Crippen MR) is 138 cm³/mol. The van der Waals surface area contributed by atoms with E-state index in [-0.39, 0.29) is 17.5 Å². The molecule has 0 radical (unpaired) electrons. The Labute approximate surface area is 202 Å². The highest BCUT2D eigenvalue weighted by Gasteiger charge is 2.31. The number of nitrogens with one attached hydrogen (secondary N) is 1. The molecule has 1 aliphatic heterocycles. The lowest BCUT2D eigenvalue weighted by Gasteiger charge is -2.16. The number of carbonyl (C=O) groups excluding carboxylic acids is 1. The number of pyridine rings is 1. The first-order valence-corrected chi connectivity index (χ1v) is 11.4. The lowest BCUT2D eigenvalue weighted by Crippen LogP contribution is -2.29. The lowest BCUT2D eigenvalue weighted by atomic mass is 9.92. The van der Waals surface area contributed by atoms with Gasteiger partial charge in [0.25, 0.3) is 5.56 Å². The van der Waals surface area contributed by atoms with Gasteiger partial charge in [-0.1, -0.05) is 84.4 Å². The summed E-state index contributed by atoms with van der Waals surface area (Å²) in [7, 11) is 0. The van der Waals surface area contributed by atoms with Crippen LogP contribution in [0.3, 0.4) is 0 Å². The number of hydrogen-bond acceptors (Lipinski definition) is 3. The quantitative estimate of drug-likeness (QED) is 0.407. The van der Waals surface area contributed by atoms with E-state index in [1.54, 1.807) is 12.1 Å². The van der Waals surface area contributed by atoms with E-state index in [2.05, 4.69) is 10.1 Å². The summed E-state index contributed by atoms with van der Waals surface area (Å²) >= 11 is 6.33. The molecule has 0 bridgehead atoms. The van der Waals surface area contributed by atoms with Crippen molar-refractivity contribution >= 4 is 40.2 Å². The van der Waals surface area contributed by atoms with Gasteiger partial charge in [-0.05, 0) is 29.3 Å². The molecule has 1 atom stereocenters. The second kappa shape index (κ2) is 9.12. The lowest BCUT2D eigenvalue weighted by molar-refractivity contribution is -0.129. The fourth-order valence-electron chi connectivity index (χ4n) is 4.37. The van der Waals surface area contributed by atoms with Gasteiger partial charge in [0.1, 0.15) is 0 Å². The van der Waals surface area contributed by atoms with Crippen LogP contribution in [-0.2, 0) is 4.79 Å². The zero-order chi connectivity index (χ0) is 23.7. The molecule has 0 spiro atoms. The largest absolute Gasteiger partial charge is 0.321 e. The van der Waals surface area contributed by atoms with Gasteiger partial charge in [-0.15, -0.1) is 0 Å². The molecule has 4 aromatic rings. The van der Waals surface area contributed by atoms with Crippen LogP contribution in [0.5, 0.6) is 0 Å². The molecule has 34 heavy (non-hydrogen) atoms. The van der Waals surface area contributed by atoms with Gasteiger partial charge in [-0.25, -0.2) is 5.01 Å². The highest BCUT2D eigenvalue weighted by molar-refractivity contribution is 6.31. The van der Waals surface area contributed by atoms with Crippen molar-refractivity contribution in [2.75, 3.05) is 0 Å². The van der Waals surface area contributed by atoms with Crippen molar-refractivity contribution in [1.82, 2.24) is 9.99 Å². The summed E-state index contributed by atoms with van der Waals surface area (Å²) in [5, 5.41) is 7.48. The Balaban J connectivity index is 1.66. The molecule has 0 saturated heterocycles. The molecule has 0 fully saturated rings. The molecular weight excluding hydrogens is 446 g/mol. The number of aromatic amines is 1. The van der Waals surface area contributed by atoms with Crippen LogP contribution in [0.1, 0.15) is 24.5 Å². The van der Waals surface area contributed by atoms with E-state index in [1.165, 1.54) is 11.9 Å². The summed E-state index contributed by atoms with van der Waals surface area (Å²) in [6.45, 7) is 1.48. The van der Waals surface area contributed by atoms with E-state index in [0.29, 0.717) is 28.2 Å². The van der Waals surface area contributed by atoms with Crippen molar-refractivity contribution in [3.63, 3.8) is 0 Å². The van der Waals surface area contributed by atoms with Crippen molar-refractivity contribution < 1.29 is 4.79 Å². The zero-order valence-electron chi connectivity index (χ0n) is 18.5. The third kappa shape index (κ3) is 4.18. The molecule has 5 nitrogen and oxygen atoms in total. The average molecular weight is 468 g/mol. The first-order valence-electron chi connectivity index (χ1n) is 11.0. The second-order valence-corrected chi connectivity index (χ2v) is 8.65. The first-order chi connectivity index (χ1) is 16.5. The molecule has 168 valence electrons. The normalized spacial score (nSPS) is 15.8. The first kappa shape index (κ1) is 21.9. The molecule has 0 aliphatic carbocycles. The van der Waals surface area contributed by atoms with Crippen LogP contribution < -0.4 is 5.56 Å². The number of nitrogens with zero attached hydrogens (tertiary/aromatic N) is 2. The van der Waals surface area contributed by atoms with Crippen LogP contribution in [0.15, 0.2) is 94.8 Å². The predicted octanol–water partition coefficient (Wildman–Crippen LogP) is 5.89. The Morgan fingerprint density at radius 1 is 1.03 bits per heavy atom. The monoisotopic (exact) mass is 467 g/mol. The Hall–Kier alpha value is -3.96. The maximum atomic E-state index is 13.4. The molecule has 1 aromatic heterocycles. The van der Waals surface area contributed by atoms with Crippen LogP contribution in [-0.4, -0.2) is 27.7 Å². The summed E-state index contributed by atoms with van der Waals surface area (Å²) in [5.74, 6) is -0.181. The minimum atomic E-state index is -0.286. The summed E-state index contributed by atoms with van der Waals surface area (Å²) in [6.07, 6.45) is 4.36. The van der Waals surface area contributed by atoms with Gasteiger partial charge < -0.3 is 4.98 Å². The maximum absolute atomic E-state index is 13.4. The van der Waals surface area contributed by atoms with Crippen LogP contribution >= 0.6 is 11.6 Å². The van der Waals surface area contributed by atoms with E-state index in [4.69, 9.17) is 11.6 Å². The van der Waals surface area contributed by atoms with Crippen LogP contribution in [0.4, 0.5) is 0 Å². The fourth-order valence-corrected chi connectivity index (χ4v) is 4.54. The third-order valence-electron chi connectivity index (χ3n) is 5.91. The van der Waals surface area contributed by atoms with E-state index >= 15 is 0 Å². The average Bonchev–Trinajstić information content (AvgIpc) is 3.27. The number of hydrazone groups is 1. The Morgan fingerprint density at radius 2 is 1.74 bits per heavy atom. The summed E-state index contributed by atoms with van der Waals surface area (Å²) in [4.78, 5) is 28.8. The minimum Gasteiger partial charge on any atom is -0.321 e. The van der Waals surface area contributed by atoms with Gasteiger partial charge in [-0.2, -0.15) is 5.10 Å².